The van der Waals surface area contributed by atoms with Crippen LogP contribution in [-0.4, -0.2) is 48.8 Å². The van der Waals surface area contributed by atoms with Gasteiger partial charge in [0.2, 0.25) is 0 Å². The summed E-state index contributed by atoms with van der Waals surface area (Å²) in [4.78, 5) is 2.59. The third-order valence-electron chi connectivity index (χ3n) is 3.81. The SMILES string of the molecule is CC1CNC(C)(C)CN1CC1CCCCO1. The van der Waals surface area contributed by atoms with Crippen molar-refractivity contribution in [2.75, 3.05) is 26.2 Å². The van der Waals surface area contributed by atoms with Gasteiger partial charge in [-0.1, -0.05) is 0 Å². The van der Waals surface area contributed by atoms with E-state index in [4.69, 9.17) is 4.74 Å². The molecule has 2 heterocycles. The number of nitrogens with one attached hydrogen (secondary N) is 1. The van der Waals surface area contributed by atoms with E-state index in [0.717, 1.165) is 26.2 Å². The molecule has 94 valence electrons. The van der Waals surface area contributed by atoms with Gasteiger partial charge in [0, 0.05) is 37.8 Å². The van der Waals surface area contributed by atoms with Crippen LogP contribution in [0.2, 0.25) is 0 Å². The van der Waals surface area contributed by atoms with Crippen LogP contribution in [0.5, 0.6) is 0 Å². The van der Waals surface area contributed by atoms with Crippen LogP contribution in [-0.2, 0) is 4.74 Å². The molecule has 3 nitrogen and oxygen atoms in total. The van der Waals surface area contributed by atoms with Crippen LogP contribution in [0, 0.1) is 0 Å². The minimum atomic E-state index is 0.251. The number of nitrogens with zero attached hydrogens (tertiary/aromatic N) is 1. The lowest BCUT2D eigenvalue weighted by molar-refractivity contribution is -0.0244. The quantitative estimate of drug-likeness (QED) is 0.774. The van der Waals surface area contributed by atoms with E-state index in [0.29, 0.717) is 12.1 Å². The third-order valence-corrected chi connectivity index (χ3v) is 3.81. The fourth-order valence-electron chi connectivity index (χ4n) is 2.73. The van der Waals surface area contributed by atoms with E-state index in [-0.39, 0.29) is 5.54 Å². The Morgan fingerprint density at radius 1 is 1.38 bits per heavy atom. The molecule has 0 radical (unpaired) electrons. The van der Waals surface area contributed by atoms with Crippen molar-refractivity contribution in [1.82, 2.24) is 10.2 Å². The van der Waals surface area contributed by atoms with Gasteiger partial charge in [-0.25, -0.2) is 0 Å². The van der Waals surface area contributed by atoms with Crippen molar-refractivity contribution in [3.63, 3.8) is 0 Å². The van der Waals surface area contributed by atoms with Crippen molar-refractivity contribution in [3.8, 4) is 0 Å². The molecule has 0 amide bonds. The van der Waals surface area contributed by atoms with Crippen LogP contribution in [0.15, 0.2) is 0 Å². The van der Waals surface area contributed by atoms with Crippen LogP contribution in [0.3, 0.4) is 0 Å². The zero-order valence-electron chi connectivity index (χ0n) is 11.0. The maximum atomic E-state index is 5.84. The van der Waals surface area contributed by atoms with Gasteiger partial charge < -0.3 is 10.1 Å². The van der Waals surface area contributed by atoms with Crippen LogP contribution in [0.25, 0.3) is 0 Å². The summed E-state index contributed by atoms with van der Waals surface area (Å²) in [5.74, 6) is 0. The van der Waals surface area contributed by atoms with E-state index in [1.54, 1.807) is 0 Å². The highest BCUT2D eigenvalue weighted by molar-refractivity contribution is 4.91. The molecule has 2 fully saturated rings. The van der Waals surface area contributed by atoms with Gasteiger partial charge in [0.25, 0.3) is 0 Å². The van der Waals surface area contributed by atoms with E-state index >= 15 is 0 Å². The van der Waals surface area contributed by atoms with Crippen LogP contribution < -0.4 is 5.32 Å². The van der Waals surface area contributed by atoms with Crippen LogP contribution in [0.4, 0.5) is 0 Å². The summed E-state index contributed by atoms with van der Waals surface area (Å²) in [6.45, 7) is 11.2. The molecule has 2 atom stereocenters. The van der Waals surface area contributed by atoms with E-state index in [1.807, 2.05) is 0 Å². The first-order valence-corrected chi connectivity index (χ1v) is 6.67. The van der Waals surface area contributed by atoms with Gasteiger partial charge in [-0.15, -0.1) is 0 Å². The van der Waals surface area contributed by atoms with Crippen LogP contribution >= 0.6 is 0 Å². The van der Waals surface area contributed by atoms with Crippen molar-refractivity contribution in [3.05, 3.63) is 0 Å². The molecule has 2 rings (SSSR count). The second-order valence-corrected chi connectivity index (χ2v) is 6.03. The molecule has 0 aromatic rings. The monoisotopic (exact) mass is 226 g/mol. The van der Waals surface area contributed by atoms with Crippen molar-refractivity contribution in [2.24, 2.45) is 0 Å². The summed E-state index contributed by atoms with van der Waals surface area (Å²) in [6.07, 6.45) is 4.31. The van der Waals surface area contributed by atoms with E-state index < -0.39 is 0 Å². The average Bonchev–Trinajstić information content (AvgIpc) is 2.25. The maximum absolute atomic E-state index is 5.84. The third kappa shape index (κ3) is 3.19. The molecule has 16 heavy (non-hydrogen) atoms. The van der Waals surface area contributed by atoms with Gasteiger partial charge in [0.05, 0.1) is 6.10 Å². The summed E-state index contributed by atoms with van der Waals surface area (Å²) in [7, 11) is 0. The molecule has 2 aliphatic heterocycles. The summed E-state index contributed by atoms with van der Waals surface area (Å²) in [6, 6.07) is 0.638. The van der Waals surface area contributed by atoms with Gasteiger partial charge in [-0.2, -0.15) is 0 Å². The maximum Gasteiger partial charge on any atom is 0.0702 e. The Morgan fingerprint density at radius 3 is 2.88 bits per heavy atom. The molecule has 1 N–H and O–H groups in total. The van der Waals surface area contributed by atoms with Gasteiger partial charge in [-0.3, -0.25) is 4.90 Å². The molecule has 0 aromatic heterocycles. The summed E-state index contributed by atoms with van der Waals surface area (Å²) in [5.41, 5.74) is 0.251. The number of hydrogen-bond acceptors (Lipinski definition) is 3. The Bertz CT molecular complexity index is 224. The van der Waals surface area contributed by atoms with Crippen molar-refractivity contribution in [2.45, 2.75) is 57.7 Å². The van der Waals surface area contributed by atoms with Gasteiger partial charge in [0.15, 0.2) is 0 Å². The Kier molecular flexibility index (Phi) is 3.88. The molecule has 0 saturated carbocycles. The predicted molar refractivity (Wildman–Crippen MR) is 66.7 cm³/mol. The lowest BCUT2D eigenvalue weighted by Crippen LogP contribution is -2.61. The highest BCUT2D eigenvalue weighted by atomic mass is 16.5. The van der Waals surface area contributed by atoms with Crippen molar-refractivity contribution >= 4 is 0 Å². The highest BCUT2D eigenvalue weighted by Crippen LogP contribution is 2.19. The summed E-state index contributed by atoms with van der Waals surface area (Å²) < 4.78 is 5.84. The molecule has 2 saturated heterocycles. The van der Waals surface area contributed by atoms with Crippen molar-refractivity contribution in [1.29, 1.82) is 0 Å². The lowest BCUT2D eigenvalue weighted by Gasteiger charge is -2.44. The Balaban J connectivity index is 1.86. The second kappa shape index (κ2) is 5.03. The molecule has 2 unspecified atom stereocenters. The Hall–Kier alpha value is -0.120. The topological polar surface area (TPSA) is 24.5 Å². The second-order valence-electron chi connectivity index (χ2n) is 6.03. The smallest absolute Gasteiger partial charge is 0.0702 e. The summed E-state index contributed by atoms with van der Waals surface area (Å²) in [5, 5.41) is 3.59. The number of rotatable bonds is 2. The largest absolute Gasteiger partial charge is 0.377 e. The molecule has 2 aliphatic rings. The standard InChI is InChI=1S/C13H26N2O/c1-11-8-14-13(2,3)10-15(11)9-12-6-4-5-7-16-12/h11-12,14H,4-10H2,1-3H3. The normalized spacial score (nSPS) is 36.2. The molecule has 3 heteroatoms. The van der Waals surface area contributed by atoms with Gasteiger partial charge in [-0.05, 0) is 40.0 Å². The number of hydrogen-bond donors (Lipinski definition) is 1. The summed E-state index contributed by atoms with van der Waals surface area (Å²) >= 11 is 0. The van der Waals surface area contributed by atoms with Crippen LogP contribution in [0.1, 0.15) is 40.0 Å². The number of piperazine rings is 1. The molecule has 0 aliphatic carbocycles. The molecule has 0 bridgehead atoms. The number of ether oxygens (including phenoxy) is 1. The first-order valence-electron chi connectivity index (χ1n) is 6.67. The minimum Gasteiger partial charge on any atom is -0.377 e. The lowest BCUT2D eigenvalue weighted by atomic mass is 9.98. The Labute approximate surface area is 99.5 Å². The zero-order valence-corrected chi connectivity index (χ0v) is 11.0. The molecular formula is C13H26N2O. The minimum absolute atomic E-state index is 0.251. The molecule has 0 aromatic carbocycles. The predicted octanol–water partition coefficient (Wildman–Crippen LogP) is 1.63. The Morgan fingerprint density at radius 2 is 2.19 bits per heavy atom. The van der Waals surface area contributed by atoms with E-state index in [1.165, 1.54) is 19.3 Å². The zero-order chi connectivity index (χ0) is 11.6. The fourth-order valence-corrected chi connectivity index (χ4v) is 2.73. The van der Waals surface area contributed by atoms with Gasteiger partial charge in [0.1, 0.15) is 0 Å². The molecule has 0 spiro atoms. The van der Waals surface area contributed by atoms with Crippen molar-refractivity contribution < 1.29 is 4.74 Å². The average molecular weight is 226 g/mol. The van der Waals surface area contributed by atoms with E-state index in [2.05, 4.69) is 31.0 Å². The first-order chi connectivity index (χ1) is 7.57. The van der Waals surface area contributed by atoms with E-state index in [9.17, 15) is 0 Å². The first kappa shape index (κ1) is 12.3. The fraction of sp³-hybridized carbons (Fsp3) is 1.00. The highest BCUT2D eigenvalue weighted by Gasteiger charge is 2.31. The molecular weight excluding hydrogens is 200 g/mol. The van der Waals surface area contributed by atoms with Gasteiger partial charge >= 0.3 is 0 Å².